The van der Waals surface area contributed by atoms with Gasteiger partial charge >= 0.3 is 6.01 Å². The molecule has 8 nitrogen and oxygen atoms in total. The van der Waals surface area contributed by atoms with Crippen LogP contribution >= 0.6 is 0 Å². The molecule has 0 spiro atoms. The third-order valence-electron chi connectivity index (χ3n) is 7.41. The normalized spacial score (nSPS) is 31.5. The molecule has 0 amide bonds. The van der Waals surface area contributed by atoms with Gasteiger partial charge in [-0.2, -0.15) is 4.98 Å². The van der Waals surface area contributed by atoms with E-state index in [9.17, 15) is 0 Å². The van der Waals surface area contributed by atoms with Crippen molar-refractivity contribution in [3.63, 3.8) is 0 Å². The molecule has 4 aliphatic rings. The summed E-state index contributed by atoms with van der Waals surface area (Å²) in [6, 6.07) is 0.954. The highest BCUT2D eigenvalue weighted by atomic mass is 16.5. The largest absolute Gasteiger partial charge is 0.376 e. The summed E-state index contributed by atoms with van der Waals surface area (Å²) >= 11 is 0. The van der Waals surface area contributed by atoms with Gasteiger partial charge in [0.05, 0.1) is 17.8 Å². The third-order valence-corrected chi connectivity index (χ3v) is 7.41. The van der Waals surface area contributed by atoms with Gasteiger partial charge in [0, 0.05) is 37.7 Å². The van der Waals surface area contributed by atoms with Crippen molar-refractivity contribution in [3.05, 3.63) is 17.7 Å². The average Bonchev–Trinajstić information content (AvgIpc) is 3.60. The molecule has 0 aromatic carbocycles. The van der Waals surface area contributed by atoms with Gasteiger partial charge in [-0.1, -0.05) is 24.2 Å². The van der Waals surface area contributed by atoms with Crippen LogP contribution in [0.5, 0.6) is 0 Å². The zero-order chi connectivity index (χ0) is 20.2. The van der Waals surface area contributed by atoms with Crippen molar-refractivity contribution in [3.8, 4) is 0 Å². The van der Waals surface area contributed by atoms with E-state index < -0.39 is 0 Å². The number of anilines is 1. The number of hydrogen-bond donors (Lipinski definition) is 0. The summed E-state index contributed by atoms with van der Waals surface area (Å²) in [4.78, 5) is 6.92. The fourth-order valence-electron chi connectivity index (χ4n) is 5.16. The maximum absolute atomic E-state index is 6.49. The first kappa shape index (κ1) is 18.8. The first-order valence-corrected chi connectivity index (χ1v) is 11.8. The standard InChI is InChI=1S/C22H32N6O2/c1-13(2)21-23-22(30-25-21)27-9-16-7-19(28-11-18(24-26-28)15-5-6-15)20(8-17(16)10-27)29-12-14-3-4-14/h11,13-17,19-20H,3-10,12H2,1-2H3/t16-,17+,19-,20-/m1/s1. The van der Waals surface area contributed by atoms with Crippen LogP contribution in [0.4, 0.5) is 6.01 Å². The highest BCUT2D eigenvalue weighted by Gasteiger charge is 2.45. The van der Waals surface area contributed by atoms with Crippen LogP contribution in [0, 0.1) is 17.8 Å². The highest BCUT2D eigenvalue weighted by molar-refractivity contribution is 5.29. The fraction of sp³-hybridized carbons (Fsp3) is 0.818. The van der Waals surface area contributed by atoms with Gasteiger partial charge in [-0.25, -0.2) is 4.68 Å². The molecule has 0 radical (unpaired) electrons. The maximum atomic E-state index is 6.49. The van der Waals surface area contributed by atoms with Crippen LogP contribution in [0.3, 0.4) is 0 Å². The van der Waals surface area contributed by atoms with Crippen molar-refractivity contribution in [2.75, 3.05) is 24.6 Å². The average molecular weight is 413 g/mol. The molecule has 6 rings (SSSR count). The van der Waals surface area contributed by atoms with Gasteiger partial charge in [-0.15, -0.1) is 5.10 Å². The number of fused-ring (bicyclic) bond motifs is 1. The molecule has 0 N–H and O–H groups in total. The van der Waals surface area contributed by atoms with E-state index in [-0.39, 0.29) is 18.1 Å². The zero-order valence-corrected chi connectivity index (χ0v) is 18.0. The van der Waals surface area contributed by atoms with Crippen LogP contribution in [-0.2, 0) is 4.74 Å². The maximum Gasteiger partial charge on any atom is 0.324 e. The second-order valence-corrected chi connectivity index (χ2v) is 10.3. The van der Waals surface area contributed by atoms with E-state index in [0.29, 0.717) is 23.8 Å². The molecule has 0 bridgehead atoms. The summed E-state index contributed by atoms with van der Waals surface area (Å²) in [5.41, 5.74) is 1.16. The molecular weight excluding hydrogens is 380 g/mol. The lowest BCUT2D eigenvalue weighted by atomic mass is 9.77. The van der Waals surface area contributed by atoms with Crippen LogP contribution in [0.25, 0.3) is 0 Å². The summed E-state index contributed by atoms with van der Waals surface area (Å²) in [5.74, 6) is 3.68. The smallest absolute Gasteiger partial charge is 0.324 e. The summed E-state index contributed by atoms with van der Waals surface area (Å²) in [6.45, 7) is 7.04. The van der Waals surface area contributed by atoms with Crippen LogP contribution in [0.15, 0.2) is 10.7 Å². The Labute approximate surface area is 177 Å². The minimum Gasteiger partial charge on any atom is -0.376 e. The van der Waals surface area contributed by atoms with Gasteiger partial charge in [0.15, 0.2) is 5.82 Å². The summed E-state index contributed by atoms with van der Waals surface area (Å²) in [7, 11) is 0. The molecule has 162 valence electrons. The van der Waals surface area contributed by atoms with Crippen LogP contribution < -0.4 is 4.90 Å². The Morgan fingerprint density at radius 1 is 1.13 bits per heavy atom. The monoisotopic (exact) mass is 412 g/mol. The molecular formula is C22H32N6O2. The van der Waals surface area contributed by atoms with E-state index in [1.165, 1.54) is 25.7 Å². The Bertz CT molecular complexity index is 886. The number of hydrogen-bond acceptors (Lipinski definition) is 7. The number of nitrogens with zero attached hydrogens (tertiary/aromatic N) is 6. The van der Waals surface area contributed by atoms with E-state index in [1.807, 2.05) is 0 Å². The minimum absolute atomic E-state index is 0.217. The number of rotatable bonds is 7. The molecule has 3 saturated carbocycles. The molecule has 4 fully saturated rings. The predicted octanol–water partition coefficient (Wildman–Crippen LogP) is 3.54. The van der Waals surface area contributed by atoms with Gasteiger partial charge in [0.25, 0.3) is 0 Å². The molecule has 4 atom stereocenters. The summed E-state index contributed by atoms with van der Waals surface area (Å²) in [5, 5.41) is 13.2. The molecule has 30 heavy (non-hydrogen) atoms. The van der Waals surface area contributed by atoms with Gasteiger partial charge in [-0.3, -0.25) is 0 Å². The lowest BCUT2D eigenvalue weighted by Gasteiger charge is -2.37. The Hall–Kier alpha value is -1.96. The van der Waals surface area contributed by atoms with Crippen molar-refractivity contribution in [2.45, 2.75) is 76.4 Å². The van der Waals surface area contributed by atoms with Crippen molar-refractivity contribution in [1.29, 1.82) is 0 Å². The molecule has 1 aliphatic heterocycles. The minimum atomic E-state index is 0.217. The second-order valence-electron chi connectivity index (χ2n) is 10.3. The van der Waals surface area contributed by atoms with Gasteiger partial charge in [0.2, 0.25) is 0 Å². The zero-order valence-electron chi connectivity index (χ0n) is 18.0. The Kier molecular flexibility index (Phi) is 4.58. The lowest BCUT2D eigenvalue weighted by molar-refractivity contribution is -0.0375. The van der Waals surface area contributed by atoms with E-state index in [4.69, 9.17) is 9.26 Å². The lowest BCUT2D eigenvalue weighted by Crippen LogP contribution is -2.38. The van der Waals surface area contributed by atoms with Gasteiger partial charge in [0.1, 0.15) is 0 Å². The van der Waals surface area contributed by atoms with E-state index in [1.54, 1.807) is 0 Å². The Balaban J connectivity index is 1.19. The van der Waals surface area contributed by atoms with E-state index in [2.05, 4.69) is 50.1 Å². The third kappa shape index (κ3) is 3.63. The Morgan fingerprint density at radius 2 is 1.93 bits per heavy atom. The topological polar surface area (TPSA) is 82.1 Å². The van der Waals surface area contributed by atoms with E-state index in [0.717, 1.165) is 50.0 Å². The van der Waals surface area contributed by atoms with Crippen molar-refractivity contribution < 1.29 is 9.26 Å². The van der Waals surface area contributed by atoms with Crippen molar-refractivity contribution in [2.24, 2.45) is 17.8 Å². The predicted molar refractivity (Wildman–Crippen MR) is 110 cm³/mol. The molecule has 3 aliphatic carbocycles. The first-order valence-electron chi connectivity index (χ1n) is 11.8. The highest BCUT2D eigenvalue weighted by Crippen LogP contribution is 2.45. The first-order chi connectivity index (χ1) is 14.6. The van der Waals surface area contributed by atoms with Gasteiger partial charge in [-0.05, 0) is 56.3 Å². The molecule has 2 aromatic heterocycles. The number of ether oxygens (including phenoxy) is 1. The molecule has 8 heteroatoms. The van der Waals surface area contributed by atoms with Crippen LogP contribution in [0.1, 0.15) is 81.8 Å². The van der Waals surface area contributed by atoms with Crippen LogP contribution in [-0.4, -0.2) is 50.9 Å². The van der Waals surface area contributed by atoms with E-state index >= 15 is 0 Å². The summed E-state index contributed by atoms with van der Waals surface area (Å²) < 4.78 is 14.2. The molecule has 3 heterocycles. The molecule has 0 unspecified atom stereocenters. The summed E-state index contributed by atoms with van der Waals surface area (Å²) in [6.07, 6.45) is 9.71. The fourth-order valence-corrected chi connectivity index (χ4v) is 5.16. The molecule has 1 saturated heterocycles. The molecule has 2 aromatic rings. The Morgan fingerprint density at radius 3 is 2.63 bits per heavy atom. The van der Waals surface area contributed by atoms with Gasteiger partial charge < -0.3 is 14.2 Å². The van der Waals surface area contributed by atoms with Crippen LogP contribution in [0.2, 0.25) is 0 Å². The quantitative estimate of drug-likeness (QED) is 0.688. The SMILES string of the molecule is CC(C)c1noc(N2C[C@H]3C[C@@H](n4cc(C5CC5)nn4)[C@H](OCC4CC4)C[C@H]3C2)n1. The second kappa shape index (κ2) is 7.32. The van der Waals surface area contributed by atoms with Crippen molar-refractivity contribution in [1.82, 2.24) is 25.1 Å². The van der Waals surface area contributed by atoms with Crippen molar-refractivity contribution >= 4 is 6.01 Å². The number of aromatic nitrogens is 5.